The number of rotatable bonds is 2. The number of aldehydes is 1. The first-order valence-corrected chi connectivity index (χ1v) is 5.08. The summed E-state index contributed by atoms with van der Waals surface area (Å²) in [5.41, 5.74) is -0.882. The van der Waals surface area contributed by atoms with Crippen molar-refractivity contribution < 1.29 is 22.4 Å². The molecule has 0 fully saturated rings. The maximum absolute atomic E-state index is 12.6. The van der Waals surface area contributed by atoms with Crippen molar-refractivity contribution in [2.75, 3.05) is 0 Å². The van der Waals surface area contributed by atoms with Crippen LogP contribution in [0.4, 0.5) is 13.2 Å². The molecular weight excluding hydrogens is 271 g/mol. The molecule has 0 atom stereocenters. The number of nitrogens with zero attached hydrogens (tertiary/aromatic N) is 1. The summed E-state index contributed by atoms with van der Waals surface area (Å²) in [6.45, 7) is 0. The molecule has 0 aliphatic carbocycles. The minimum absolute atomic E-state index is 0.0616. The highest BCUT2D eigenvalue weighted by molar-refractivity contribution is 6.31. The topological polar surface area (TPSA) is 43.1 Å². The predicted molar refractivity (Wildman–Crippen MR) is 57.3 cm³/mol. The number of carbonyl (C=O) groups is 1. The molecule has 0 radical (unpaired) electrons. The fraction of sp³-hybridized carbons (Fsp3) is 0.0909. The van der Waals surface area contributed by atoms with Crippen molar-refractivity contribution in [3.8, 4) is 11.5 Å². The molecule has 0 spiro atoms. The summed E-state index contributed by atoms with van der Waals surface area (Å²) in [7, 11) is 0. The number of hydrogen-bond acceptors (Lipinski definition) is 3. The quantitative estimate of drug-likeness (QED) is 0.782. The van der Waals surface area contributed by atoms with Gasteiger partial charge in [-0.15, -0.1) is 0 Å². The maximum atomic E-state index is 12.6. The number of oxazole rings is 1. The van der Waals surface area contributed by atoms with Gasteiger partial charge in [0.05, 0.1) is 16.8 Å². The Hall–Kier alpha value is -1.82. The summed E-state index contributed by atoms with van der Waals surface area (Å²) < 4.78 is 42.8. The highest BCUT2D eigenvalue weighted by Gasteiger charge is 2.33. The Morgan fingerprint density at radius 3 is 2.61 bits per heavy atom. The lowest BCUT2D eigenvalue weighted by Gasteiger charge is -2.09. The van der Waals surface area contributed by atoms with E-state index in [-0.39, 0.29) is 17.2 Å². The van der Waals surface area contributed by atoms with Crippen LogP contribution in [0.2, 0.25) is 5.02 Å². The summed E-state index contributed by atoms with van der Waals surface area (Å²) in [6, 6.07) is 3.26. The Morgan fingerprint density at radius 2 is 2.06 bits per heavy atom. The molecule has 0 amide bonds. The van der Waals surface area contributed by atoms with Crippen LogP contribution in [0.3, 0.4) is 0 Å². The zero-order valence-electron chi connectivity index (χ0n) is 8.66. The minimum Gasteiger partial charge on any atom is -0.433 e. The lowest BCUT2D eigenvalue weighted by molar-refractivity contribution is -0.137. The highest BCUT2D eigenvalue weighted by Crippen LogP contribution is 2.36. The van der Waals surface area contributed by atoms with Gasteiger partial charge in [-0.1, -0.05) is 11.6 Å². The lowest BCUT2D eigenvalue weighted by Crippen LogP contribution is -2.05. The fourth-order valence-corrected chi connectivity index (χ4v) is 1.57. The van der Waals surface area contributed by atoms with E-state index in [1.807, 2.05) is 0 Å². The van der Waals surface area contributed by atoms with E-state index in [1.54, 1.807) is 0 Å². The van der Waals surface area contributed by atoms with E-state index in [9.17, 15) is 18.0 Å². The van der Waals surface area contributed by atoms with Gasteiger partial charge >= 0.3 is 6.18 Å². The normalized spacial score (nSPS) is 11.6. The van der Waals surface area contributed by atoms with Crippen LogP contribution in [0.5, 0.6) is 0 Å². The minimum atomic E-state index is -4.56. The van der Waals surface area contributed by atoms with E-state index in [0.717, 1.165) is 18.3 Å². The smallest absolute Gasteiger partial charge is 0.417 e. The molecule has 1 heterocycles. The van der Waals surface area contributed by atoms with E-state index in [1.165, 1.54) is 6.07 Å². The summed E-state index contributed by atoms with van der Waals surface area (Å²) >= 11 is 5.47. The maximum Gasteiger partial charge on any atom is 0.417 e. The monoisotopic (exact) mass is 275 g/mol. The van der Waals surface area contributed by atoms with Gasteiger partial charge in [0.1, 0.15) is 0 Å². The Balaban J connectivity index is 2.50. The molecule has 0 N–H and O–H groups in total. The summed E-state index contributed by atoms with van der Waals surface area (Å²) in [6.07, 6.45) is -3.02. The van der Waals surface area contributed by atoms with E-state index in [2.05, 4.69) is 4.98 Å². The Morgan fingerprint density at radius 1 is 1.33 bits per heavy atom. The average Bonchev–Trinajstić information content (AvgIpc) is 2.76. The molecule has 94 valence electrons. The third-order valence-corrected chi connectivity index (χ3v) is 2.49. The van der Waals surface area contributed by atoms with E-state index in [4.69, 9.17) is 16.0 Å². The molecule has 0 bridgehead atoms. The standard InChI is InChI=1S/C11H5ClF3NO2/c12-9-2-1-6(3-8(9)11(13,14)15)10-16-4-7(5-17)18-10/h1-5H. The molecule has 1 aromatic carbocycles. The first-order valence-electron chi connectivity index (χ1n) is 4.70. The second kappa shape index (κ2) is 4.45. The third kappa shape index (κ3) is 2.38. The van der Waals surface area contributed by atoms with Gasteiger partial charge in [-0.3, -0.25) is 4.79 Å². The van der Waals surface area contributed by atoms with Crippen LogP contribution in [0.15, 0.2) is 28.8 Å². The molecule has 0 saturated carbocycles. The molecule has 7 heteroatoms. The highest BCUT2D eigenvalue weighted by atomic mass is 35.5. The van der Waals surface area contributed by atoms with E-state index >= 15 is 0 Å². The number of aromatic nitrogens is 1. The molecular formula is C11H5ClF3NO2. The zero-order chi connectivity index (χ0) is 13.3. The second-order valence-electron chi connectivity index (χ2n) is 3.38. The largest absolute Gasteiger partial charge is 0.433 e. The number of benzene rings is 1. The molecule has 0 aliphatic heterocycles. The second-order valence-corrected chi connectivity index (χ2v) is 3.79. The van der Waals surface area contributed by atoms with Gasteiger partial charge in [0, 0.05) is 5.56 Å². The van der Waals surface area contributed by atoms with Gasteiger partial charge in [-0.25, -0.2) is 4.98 Å². The summed E-state index contributed by atoms with van der Waals surface area (Å²) in [5.74, 6) is -0.132. The van der Waals surface area contributed by atoms with Crippen LogP contribution in [0.1, 0.15) is 16.1 Å². The number of halogens is 4. The molecule has 2 rings (SSSR count). The van der Waals surface area contributed by atoms with Gasteiger partial charge in [-0.05, 0) is 18.2 Å². The first-order chi connectivity index (χ1) is 8.41. The van der Waals surface area contributed by atoms with Gasteiger partial charge in [-0.2, -0.15) is 13.2 Å². The molecule has 0 aliphatic rings. The van der Waals surface area contributed by atoms with Crippen molar-refractivity contribution in [3.63, 3.8) is 0 Å². The fourth-order valence-electron chi connectivity index (χ4n) is 1.35. The van der Waals surface area contributed by atoms with Crippen LogP contribution in [0.25, 0.3) is 11.5 Å². The summed E-state index contributed by atoms with van der Waals surface area (Å²) in [4.78, 5) is 14.1. The Kier molecular flexibility index (Phi) is 3.13. The molecule has 2 aromatic rings. The molecule has 0 unspecified atom stereocenters. The van der Waals surface area contributed by atoms with Crippen LogP contribution < -0.4 is 0 Å². The van der Waals surface area contributed by atoms with Gasteiger partial charge in [0.25, 0.3) is 0 Å². The van der Waals surface area contributed by atoms with Gasteiger partial charge in [0.2, 0.25) is 5.89 Å². The third-order valence-electron chi connectivity index (χ3n) is 2.16. The predicted octanol–water partition coefficient (Wildman–Crippen LogP) is 3.83. The van der Waals surface area contributed by atoms with Gasteiger partial charge in [0.15, 0.2) is 12.0 Å². The van der Waals surface area contributed by atoms with E-state index in [0.29, 0.717) is 6.29 Å². The van der Waals surface area contributed by atoms with Crippen LogP contribution in [0, 0.1) is 0 Å². The van der Waals surface area contributed by atoms with E-state index < -0.39 is 16.8 Å². The van der Waals surface area contributed by atoms with Gasteiger partial charge < -0.3 is 4.42 Å². The van der Waals surface area contributed by atoms with Crippen molar-refractivity contribution in [2.45, 2.75) is 6.18 Å². The van der Waals surface area contributed by atoms with Crippen LogP contribution in [-0.4, -0.2) is 11.3 Å². The summed E-state index contributed by atoms with van der Waals surface area (Å²) in [5, 5.41) is -0.409. The Bertz CT molecular complexity index is 592. The average molecular weight is 276 g/mol. The number of hydrogen-bond donors (Lipinski definition) is 0. The van der Waals surface area contributed by atoms with Crippen molar-refractivity contribution in [2.24, 2.45) is 0 Å². The SMILES string of the molecule is O=Cc1cnc(-c2ccc(Cl)c(C(F)(F)F)c2)o1. The molecule has 1 aromatic heterocycles. The molecule has 3 nitrogen and oxygen atoms in total. The van der Waals surface area contributed by atoms with Crippen molar-refractivity contribution in [3.05, 3.63) is 40.7 Å². The number of carbonyl (C=O) groups excluding carboxylic acids is 1. The molecule has 0 saturated heterocycles. The van der Waals surface area contributed by atoms with Crippen LogP contribution >= 0.6 is 11.6 Å². The molecule has 18 heavy (non-hydrogen) atoms. The van der Waals surface area contributed by atoms with Crippen molar-refractivity contribution >= 4 is 17.9 Å². The van der Waals surface area contributed by atoms with Crippen molar-refractivity contribution in [1.29, 1.82) is 0 Å². The zero-order valence-corrected chi connectivity index (χ0v) is 9.42. The Labute approximate surface area is 104 Å². The van der Waals surface area contributed by atoms with Crippen molar-refractivity contribution in [1.82, 2.24) is 4.98 Å². The first kappa shape index (κ1) is 12.6. The van der Waals surface area contributed by atoms with Crippen LogP contribution in [-0.2, 0) is 6.18 Å². The lowest BCUT2D eigenvalue weighted by atomic mass is 10.1. The number of alkyl halides is 3.